The van der Waals surface area contributed by atoms with E-state index in [1.165, 1.54) is 6.33 Å². The maximum absolute atomic E-state index is 10.8. The number of aryl methyl sites for hydroxylation is 2. The molecule has 0 spiro atoms. The minimum atomic E-state index is -1.27. The maximum atomic E-state index is 10.8. The zero-order valence-corrected chi connectivity index (χ0v) is 18.3. The normalized spacial score (nSPS) is 22.7. The van der Waals surface area contributed by atoms with Crippen LogP contribution in [0.5, 0.6) is 0 Å². The van der Waals surface area contributed by atoms with Gasteiger partial charge in [0.15, 0.2) is 23.2 Å². The number of aliphatic hydroxyl groups is 3. The van der Waals surface area contributed by atoms with E-state index in [0.29, 0.717) is 22.8 Å². The molecule has 1 aliphatic rings. The second kappa shape index (κ2) is 8.53. The summed E-state index contributed by atoms with van der Waals surface area (Å²) >= 11 is 0. The first kappa shape index (κ1) is 21.5. The van der Waals surface area contributed by atoms with E-state index in [1.54, 1.807) is 4.57 Å². The maximum Gasteiger partial charge on any atom is 0.168 e. The highest BCUT2D eigenvalue weighted by Gasteiger charge is 2.45. The molecule has 2 aromatic carbocycles. The van der Waals surface area contributed by atoms with Gasteiger partial charge in [-0.1, -0.05) is 35.9 Å². The van der Waals surface area contributed by atoms with Gasteiger partial charge in [-0.2, -0.15) is 0 Å². The summed E-state index contributed by atoms with van der Waals surface area (Å²) in [6.07, 6.45) is -3.00. The van der Waals surface area contributed by atoms with Gasteiger partial charge in [0.05, 0.1) is 6.61 Å². The first-order valence-corrected chi connectivity index (χ1v) is 10.7. The number of hydrogen-bond acceptors (Lipinski definition) is 8. The smallest absolute Gasteiger partial charge is 0.168 e. The molecule has 1 aliphatic heterocycles. The van der Waals surface area contributed by atoms with Gasteiger partial charge in [0, 0.05) is 11.3 Å². The molecule has 1 fully saturated rings. The lowest BCUT2D eigenvalue weighted by Crippen LogP contribution is -2.33. The molecule has 0 saturated carbocycles. The first-order valence-electron chi connectivity index (χ1n) is 10.7. The number of ether oxygens (including phenoxy) is 1. The van der Waals surface area contributed by atoms with E-state index in [1.807, 2.05) is 62.4 Å². The molecule has 4 aromatic rings. The predicted octanol–water partition coefficient (Wildman–Crippen LogP) is 2.47. The Morgan fingerprint density at radius 2 is 1.76 bits per heavy atom. The Balaban J connectivity index is 1.69. The van der Waals surface area contributed by atoms with Crippen LogP contribution in [0.15, 0.2) is 54.9 Å². The van der Waals surface area contributed by atoms with Crippen molar-refractivity contribution in [2.75, 3.05) is 11.9 Å². The molecule has 33 heavy (non-hydrogen) atoms. The van der Waals surface area contributed by atoms with Crippen LogP contribution in [-0.2, 0) is 4.74 Å². The van der Waals surface area contributed by atoms with E-state index < -0.39 is 31.1 Å². The van der Waals surface area contributed by atoms with Gasteiger partial charge in [-0.25, -0.2) is 15.0 Å². The molecule has 0 aliphatic carbocycles. The van der Waals surface area contributed by atoms with Crippen molar-refractivity contribution in [3.05, 3.63) is 66.0 Å². The van der Waals surface area contributed by atoms with Crippen LogP contribution in [0.4, 0.5) is 11.5 Å². The van der Waals surface area contributed by atoms with Crippen molar-refractivity contribution in [2.45, 2.75) is 38.4 Å². The number of anilines is 2. The van der Waals surface area contributed by atoms with Crippen LogP contribution >= 0.6 is 0 Å². The zero-order chi connectivity index (χ0) is 23.1. The summed E-state index contributed by atoms with van der Waals surface area (Å²) in [6, 6.07) is 15.7. The van der Waals surface area contributed by atoms with Crippen LogP contribution in [0.3, 0.4) is 0 Å². The van der Waals surface area contributed by atoms with Crippen LogP contribution in [0.1, 0.15) is 17.4 Å². The number of fused-ring (bicyclic) bond motifs is 1. The van der Waals surface area contributed by atoms with Crippen molar-refractivity contribution in [3.8, 4) is 11.4 Å². The molecule has 9 nitrogen and oxygen atoms in total. The number of hydrogen-bond donors (Lipinski definition) is 4. The molecule has 3 heterocycles. The topological polar surface area (TPSA) is 126 Å². The number of benzene rings is 2. The lowest BCUT2D eigenvalue weighted by atomic mass is 10.1. The Bertz CT molecular complexity index is 1310. The van der Waals surface area contributed by atoms with Gasteiger partial charge in [0.25, 0.3) is 0 Å². The fourth-order valence-corrected chi connectivity index (χ4v) is 4.18. The molecule has 4 N–H and O–H groups in total. The van der Waals surface area contributed by atoms with Crippen LogP contribution < -0.4 is 5.32 Å². The second-order valence-electron chi connectivity index (χ2n) is 8.29. The highest BCUT2D eigenvalue weighted by Crippen LogP contribution is 2.37. The number of rotatable bonds is 5. The highest BCUT2D eigenvalue weighted by molar-refractivity contribution is 5.88. The molecule has 0 amide bonds. The quantitative estimate of drug-likeness (QED) is 0.368. The van der Waals surface area contributed by atoms with E-state index in [9.17, 15) is 15.3 Å². The molecule has 5 rings (SSSR count). The van der Waals surface area contributed by atoms with Crippen molar-refractivity contribution in [1.29, 1.82) is 0 Å². The number of aromatic nitrogens is 4. The molecule has 2 aromatic heterocycles. The summed E-state index contributed by atoms with van der Waals surface area (Å²) in [5.74, 6) is 1.02. The Labute approximate surface area is 190 Å². The van der Waals surface area contributed by atoms with Gasteiger partial charge in [-0.3, -0.25) is 4.57 Å². The lowest BCUT2D eigenvalue weighted by molar-refractivity contribution is -0.0503. The molecule has 4 unspecified atom stereocenters. The Kier molecular flexibility index (Phi) is 5.55. The third kappa shape index (κ3) is 3.85. The molecule has 1 saturated heterocycles. The minimum Gasteiger partial charge on any atom is -0.394 e. The Hall–Kier alpha value is -3.37. The van der Waals surface area contributed by atoms with E-state index >= 15 is 0 Å². The van der Waals surface area contributed by atoms with Crippen LogP contribution in [0.25, 0.3) is 22.6 Å². The van der Waals surface area contributed by atoms with Gasteiger partial charge < -0.3 is 25.4 Å². The number of imidazole rings is 1. The average molecular weight is 447 g/mol. The summed E-state index contributed by atoms with van der Waals surface area (Å²) in [5, 5.41) is 34.0. The van der Waals surface area contributed by atoms with E-state index in [0.717, 1.165) is 22.4 Å². The van der Waals surface area contributed by atoms with Crippen LogP contribution in [-0.4, -0.2) is 59.8 Å². The van der Waals surface area contributed by atoms with E-state index in [4.69, 9.17) is 9.72 Å². The SMILES string of the molecule is Cc1cccc(Nc2ncnc3c2nc(-c2cccc(C)c2)n3C2OC(CO)C(O)C2O)c1. The minimum absolute atomic E-state index is 0.420. The monoisotopic (exact) mass is 447 g/mol. The molecule has 170 valence electrons. The summed E-state index contributed by atoms with van der Waals surface area (Å²) in [5.41, 5.74) is 4.72. The molecular weight excluding hydrogens is 422 g/mol. The van der Waals surface area contributed by atoms with Gasteiger partial charge in [0.2, 0.25) is 0 Å². The van der Waals surface area contributed by atoms with Crippen molar-refractivity contribution >= 4 is 22.7 Å². The van der Waals surface area contributed by atoms with E-state index in [-0.39, 0.29) is 0 Å². The third-order valence-electron chi connectivity index (χ3n) is 5.81. The second-order valence-corrected chi connectivity index (χ2v) is 8.29. The molecular formula is C24H25N5O4. The zero-order valence-electron chi connectivity index (χ0n) is 18.3. The van der Waals surface area contributed by atoms with Gasteiger partial charge >= 0.3 is 0 Å². The largest absolute Gasteiger partial charge is 0.394 e. The van der Waals surface area contributed by atoms with Crippen molar-refractivity contribution in [2.24, 2.45) is 0 Å². The van der Waals surface area contributed by atoms with Crippen molar-refractivity contribution < 1.29 is 20.1 Å². The summed E-state index contributed by atoms with van der Waals surface area (Å²) in [4.78, 5) is 13.7. The fourth-order valence-electron chi connectivity index (χ4n) is 4.18. The lowest BCUT2D eigenvalue weighted by Gasteiger charge is -2.19. The summed E-state index contributed by atoms with van der Waals surface area (Å²) in [6.45, 7) is 3.57. The average Bonchev–Trinajstić information content (AvgIpc) is 3.32. The van der Waals surface area contributed by atoms with Crippen LogP contribution in [0.2, 0.25) is 0 Å². The van der Waals surface area contributed by atoms with Crippen LogP contribution in [0, 0.1) is 13.8 Å². The van der Waals surface area contributed by atoms with Gasteiger partial charge in [0.1, 0.15) is 30.5 Å². The molecule has 9 heteroatoms. The number of nitrogens with one attached hydrogen (secondary N) is 1. The summed E-state index contributed by atoms with van der Waals surface area (Å²) in [7, 11) is 0. The third-order valence-corrected chi connectivity index (χ3v) is 5.81. The van der Waals surface area contributed by atoms with E-state index in [2.05, 4.69) is 15.3 Å². The summed E-state index contributed by atoms with van der Waals surface area (Å²) < 4.78 is 7.51. The standard InChI is InChI=1S/C24H25N5O4/c1-13-5-3-7-15(9-13)22-28-18-21(27-16-8-4-6-14(2)10-16)25-12-26-23(18)29(22)24-20(32)19(31)17(11-30)33-24/h3-10,12,17,19-20,24,30-32H,11H2,1-2H3,(H,25,26,27). The Morgan fingerprint density at radius 3 is 2.45 bits per heavy atom. The number of nitrogens with zero attached hydrogens (tertiary/aromatic N) is 4. The molecule has 4 atom stereocenters. The molecule has 0 bridgehead atoms. The number of aliphatic hydroxyl groups excluding tert-OH is 3. The van der Waals surface area contributed by atoms with Gasteiger partial charge in [-0.05, 0) is 37.6 Å². The predicted molar refractivity (Wildman–Crippen MR) is 123 cm³/mol. The fraction of sp³-hybridized carbons (Fsp3) is 0.292. The van der Waals surface area contributed by atoms with Gasteiger partial charge in [-0.15, -0.1) is 0 Å². The first-order chi connectivity index (χ1) is 16.0. The van der Waals surface area contributed by atoms with Crippen molar-refractivity contribution in [3.63, 3.8) is 0 Å². The Morgan fingerprint density at radius 1 is 1.00 bits per heavy atom. The van der Waals surface area contributed by atoms with Crippen molar-refractivity contribution in [1.82, 2.24) is 19.5 Å². The highest BCUT2D eigenvalue weighted by atomic mass is 16.6. The molecule has 0 radical (unpaired) electrons.